The molecule has 12 rings (SSSR count). The third kappa shape index (κ3) is 9.35. The number of aliphatic hydroxyl groups is 1. The topological polar surface area (TPSA) is 63.1 Å². The summed E-state index contributed by atoms with van der Waals surface area (Å²) in [6.07, 6.45) is 0. The second kappa shape index (κ2) is 20.3. The highest BCUT2D eigenvalue weighted by Crippen LogP contribution is 2.44. The minimum atomic E-state index is -1.41. The Morgan fingerprint density at radius 1 is 0.391 bits per heavy atom. The molecule has 2 aromatic heterocycles. The molecule has 0 saturated carbocycles. The largest absolute Gasteiger partial charge is 0.376 e. The van der Waals surface area contributed by atoms with Gasteiger partial charge in [-0.3, -0.25) is 4.79 Å². The number of pyridine rings is 2. The first-order valence-corrected chi connectivity index (χ1v) is 23.6. The number of hydrogen-bond acceptors (Lipinski definition) is 4. The lowest BCUT2D eigenvalue weighted by atomic mass is 9.76. The van der Waals surface area contributed by atoms with Crippen LogP contribution in [0.2, 0.25) is 0 Å². The minimum absolute atomic E-state index is 0.0763. The SMILES string of the molecule is Brc1cc2ccccc2nc1-c1ccccc1.O=C(c1ccccc1)c1cccc2ccccc12.OC(c1ccccc1)(c1cc2ccccc2nc1-c1ccccc1)c1cccc2ccccc12. The summed E-state index contributed by atoms with van der Waals surface area (Å²) in [6.45, 7) is 0. The van der Waals surface area contributed by atoms with Crippen molar-refractivity contribution in [3.63, 3.8) is 0 Å². The van der Waals surface area contributed by atoms with Crippen LogP contribution < -0.4 is 0 Å². The average Bonchev–Trinajstić information content (AvgIpc) is 3.43. The summed E-state index contributed by atoms with van der Waals surface area (Å²) >= 11 is 3.59. The van der Waals surface area contributed by atoms with E-state index in [0.717, 1.165) is 98.2 Å². The monoisotopic (exact) mass is 952 g/mol. The Morgan fingerprint density at radius 2 is 0.826 bits per heavy atom. The second-order valence-electron chi connectivity index (χ2n) is 16.6. The number of rotatable bonds is 7. The van der Waals surface area contributed by atoms with Gasteiger partial charge in [0, 0.05) is 48.6 Å². The van der Waals surface area contributed by atoms with Crippen LogP contribution in [0.1, 0.15) is 32.6 Å². The highest BCUT2D eigenvalue weighted by atomic mass is 79.9. The maximum atomic E-state index is 12.9. The van der Waals surface area contributed by atoms with Crippen LogP contribution in [-0.2, 0) is 5.60 Å². The highest BCUT2D eigenvalue weighted by Gasteiger charge is 2.38. The number of fused-ring (bicyclic) bond motifs is 4. The molecule has 1 N–H and O–H groups in total. The van der Waals surface area contributed by atoms with Gasteiger partial charge in [-0.25, -0.2) is 9.97 Å². The molecule has 0 aliphatic rings. The summed E-state index contributed by atoms with van der Waals surface area (Å²) < 4.78 is 1.03. The molecule has 0 radical (unpaired) electrons. The lowest BCUT2D eigenvalue weighted by Gasteiger charge is -2.33. The molecule has 0 amide bonds. The van der Waals surface area contributed by atoms with Gasteiger partial charge in [-0.1, -0.05) is 243 Å². The number of carbonyl (C=O) groups excluding carboxylic acids is 1. The smallest absolute Gasteiger partial charge is 0.193 e. The van der Waals surface area contributed by atoms with E-state index in [2.05, 4.69) is 82.7 Å². The molecule has 12 aromatic rings. The van der Waals surface area contributed by atoms with Crippen LogP contribution in [0.15, 0.2) is 271 Å². The average molecular weight is 954 g/mol. The third-order valence-corrected chi connectivity index (χ3v) is 12.9. The van der Waals surface area contributed by atoms with Gasteiger partial charge < -0.3 is 5.11 Å². The Balaban J connectivity index is 0.000000133. The Labute approximate surface area is 410 Å². The van der Waals surface area contributed by atoms with Crippen molar-refractivity contribution in [2.75, 3.05) is 0 Å². The van der Waals surface area contributed by atoms with Gasteiger partial charge in [-0.15, -0.1) is 0 Å². The summed E-state index contributed by atoms with van der Waals surface area (Å²) in [5, 5.41) is 19.2. The molecule has 4 nitrogen and oxygen atoms in total. The van der Waals surface area contributed by atoms with Crippen LogP contribution in [0, 0.1) is 0 Å². The number of nitrogens with zero attached hydrogens (tertiary/aromatic N) is 2. The number of para-hydroxylation sites is 2. The Bertz CT molecular complexity index is 3710. The molecule has 0 saturated heterocycles. The normalized spacial score (nSPS) is 11.8. The maximum absolute atomic E-state index is 12.9. The Kier molecular flexibility index (Phi) is 13.1. The number of halogens is 1. The fraction of sp³-hybridized carbons (Fsp3) is 0.0156. The van der Waals surface area contributed by atoms with Crippen molar-refractivity contribution in [2.45, 2.75) is 5.60 Å². The molecule has 0 aliphatic heterocycles. The second-order valence-corrected chi connectivity index (χ2v) is 17.5. The first-order chi connectivity index (χ1) is 34.0. The van der Waals surface area contributed by atoms with Gasteiger partial charge in [0.1, 0.15) is 5.60 Å². The van der Waals surface area contributed by atoms with Crippen LogP contribution >= 0.6 is 15.9 Å². The predicted octanol–water partition coefficient (Wildman–Crippen LogP) is 16.1. The summed E-state index contributed by atoms with van der Waals surface area (Å²) in [5.41, 5.74) is 8.28. The molecule has 1 atom stereocenters. The molecule has 0 aliphatic carbocycles. The molecule has 2 heterocycles. The highest BCUT2D eigenvalue weighted by molar-refractivity contribution is 9.10. The van der Waals surface area contributed by atoms with Gasteiger partial charge in [0.25, 0.3) is 0 Å². The van der Waals surface area contributed by atoms with Gasteiger partial charge in [-0.05, 0) is 67.3 Å². The number of carbonyl (C=O) groups is 1. The zero-order valence-corrected chi connectivity index (χ0v) is 39.1. The van der Waals surface area contributed by atoms with Gasteiger partial charge in [0.15, 0.2) is 5.78 Å². The van der Waals surface area contributed by atoms with Crippen LogP contribution in [-0.4, -0.2) is 20.9 Å². The number of benzene rings is 10. The van der Waals surface area contributed by atoms with Crippen molar-refractivity contribution < 1.29 is 9.90 Å². The lowest BCUT2D eigenvalue weighted by molar-refractivity contribution is 0.104. The van der Waals surface area contributed by atoms with Crippen LogP contribution in [0.3, 0.4) is 0 Å². The van der Waals surface area contributed by atoms with Crippen LogP contribution in [0.4, 0.5) is 0 Å². The van der Waals surface area contributed by atoms with Crippen molar-refractivity contribution in [2.24, 2.45) is 0 Å². The summed E-state index contributed by atoms with van der Waals surface area (Å²) in [5.74, 6) is 0.0763. The van der Waals surface area contributed by atoms with Gasteiger partial charge in [-0.2, -0.15) is 0 Å². The predicted molar refractivity (Wildman–Crippen MR) is 288 cm³/mol. The van der Waals surface area contributed by atoms with E-state index >= 15 is 0 Å². The van der Waals surface area contributed by atoms with Gasteiger partial charge >= 0.3 is 0 Å². The zero-order chi connectivity index (χ0) is 47.0. The Morgan fingerprint density at radius 3 is 1.45 bits per heavy atom. The molecular formula is C64H45BrN2O2. The zero-order valence-electron chi connectivity index (χ0n) is 37.5. The maximum Gasteiger partial charge on any atom is 0.193 e. The lowest BCUT2D eigenvalue weighted by Crippen LogP contribution is -2.30. The van der Waals surface area contributed by atoms with Gasteiger partial charge in [0.05, 0.1) is 22.4 Å². The molecule has 1 unspecified atom stereocenters. The fourth-order valence-corrected chi connectivity index (χ4v) is 9.51. The number of hydrogen-bond donors (Lipinski definition) is 1. The summed E-state index contributed by atoms with van der Waals surface area (Å²) in [4.78, 5) is 22.2. The number of ketones is 1. The number of aromatic nitrogens is 2. The van der Waals surface area contributed by atoms with E-state index in [0.29, 0.717) is 0 Å². The molecule has 5 heteroatoms. The van der Waals surface area contributed by atoms with Crippen molar-refractivity contribution in [3.05, 3.63) is 299 Å². The Hall–Kier alpha value is -8.35. The van der Waals surface area contributed by atoms with Crippen LogP contribution in [0.25, 0.3) is 65.9 Å². The molecule has 0 spiro atoms. The van der Waals surface area contributed by atoms with Gasteiger partial charge in [0.2, 0.25) is 0 Å². The van der Waals surface area contributed by atoms with E-state index in [1.165, 1.54) is 0 Å². The quantitative estimate of drug-likeness (QED) is 0.162. The van der Waals surface area contributed by atoms with E-state index in [4.69, 9.17) is 9.97 Å². The molecule has 0 fully saturated rings. The standard InChI is InChI=1S/C32H23NO.C17H12O.C15H10BrN/c34-32(26-17-5-2-6-18-26,28-20-11-16-23-12-7-9-19-27(23)28)29-22-25-15-8-10-21-30(25)33-31(29)24-13-3-1-4-14-24;18-17(14-8-2-1-3-9-14)16-12-6-10-13-7-4-5-11-15(13)16;16-13-10-12-8-4-5-9-14(12)17-15(13)11-6-2-1-3-7-11/h1-22,34H;1-12H;1-10H. The van der Waals surface area contributed by atoms with E-state index < -0.39 is 5.60 Å². The minimum Gasteiger partial charge on any atom is -0.376 e. The van der Waals surface area contributed by atoms with Crippen molar-refractivity contribution in [1.82, 2.24) is 9.97 Å². The van der Waals surface area contributed by atoms with E-state index in [1.807, 2.05) is 200 Å². The van der Waals surface area contributed by atoms with Crippen LogP contribution in [0.5, 0.6) is 0 Å². The first-order valence-electron chi connectivity index (χ1n) is 22.9. The van der Waals surface area contributed by atoms with E-state index in [1.54, 1.807) is 0 Å². The third-order valence-electron chi connectivity index (χ3n) is 12.3. The molecule has 0 bridgehead atoms. The van der Waals surface area contributed by atoms with Crippen molar-refractivity contribution >= 4 is 65.1 Å². The van der Waals surface area contributed by atoms with E-state index in [9.17, 15) is 9.90 Å². The molecule has 69 heavy (non-hydrogen) atoms. The summed E-state index contributed by atoms with van der Waals surface area (Å²) in [6, 6.07) is 88.2. The molecule has 330 valence electrons. The van der Waals surface area contributed by atoms with E-state index in [-0.39, 0.29) is 5.78 Å². The first kappa shape index (κ1) is 44.5. The van der Waals surface area contributed by atoms with Crippen molar-refractivity contribution in [3.8, 4) is 22.5 Å². The summed E-state index contributed by atoms with van der Waals surface area (Å²) in [7, 11) is 0. The fourth-order valence-electron chi connectivity index (χ4n) is 8.94. The van der Waals surface area contributed by atoms with Crippen molar-refractivity contribution in [1.29, 1.82) is 0 Å². The molecule has 10 aromatic carbocycles. The molecular weight excluding hydrogens is 909 g/mol.